The summed E-state index contributed by atoms with van der Waals surface area (Å²) in [7, 11) is 1.61. The number of benzene rings is 4. The lowest BCUT2D eigenvalue weighted by atomic mass is 10.1. The molecule has 0 radical (unpaired) electrons. The highest BCUT2D eigenvalue weighted by atomic mass is 32.2. The number of carbonyl (C=O) groups is 3. The van der Waals surface area contributed by atoms with Crippen LogP contribution in [0.2, 0.25) is 0 Å². The number of hydrogen-bond acceptors (Lipinski definition) is 8. The van der Waals surface area contributed by atoms with Crippen molar-refractivity contribution in [3.05, 3.63) is 156 Å². The number of methoxy groups -OCH3 is 1. The molecule has 0 aliphatic rings. The highest BCUT2D eigenvalue weighted by Crippen LogP contribution is 2.38. The number of thioether (sulfide) groups is 1. The fourth-order valence-electron chi connectivity index (χ4n) is 4.82. The van der Waals surface area contributed by atoms with Crippen molar-refractivity contribution in [3.63, 3.8) is 0 Å². The molecule has 0 saturated heterocycles. The van der Waals surface area contributed by atoms with Gasteiger partial charge < -0.3 is 25.1 Å². The van der Waals surface area contributed by atoms with E-state index in [9.17, 15) is 14.4 Å². The van der Waals surface area contributed by atoms with E-state index in [1.54, 1.807) is 67.8 Å². The van der Waals surface area contributed by atoms with Gasteiger partial charge in [0.1, 0.15) is 22.5 Å². The number of carbonyl (C=O) groups excluding carboxylic acids is 3. The summed E-state index contributed by atoms with van der Waals surface area (Å²) in [6.07, 6.45) is 2.94. The molecule has 244 valence electrons. The van der Waals surface area contributed by atoms with Gasteiger partial charge >= 0.3 is 0 Å². The normalized spacial score (nSPS) is 11.7. The summed E-state index contributed by atoms with van der Waals surface area (Å²) in [4.78, 5) is 45.6. The SMILES string of the molecule is COc1ccccc1-c1csc(NC(=O)C(Sc2cccc(NC(=O)/C(=C/c3ccco3)NC(=O)c3ccccc3)c2)c2ccccc2)n1. The first-order chi connectivity index (χ1) is 24.0. The zero-order valence-electron chi connectivity index (χ0n) is 26.2. The summed E-state index contributed by atoms with van der Waals surface area (Å²) in [6, 6.07) is 36.2. The molecule has 3 N–H and O–H groups in total. The van der Waals surface area contributed by atoms with Gasteiger partial charge in [0.25, 0.3) is 11.8 Å². The summed E-state index contributed by atoms with van der Waals surface area (Å²) in [5, 5.41) is 10.2. The second-order valence-corrected chi connectivity index (χ2v) is 12.5. The fraction of sp³-hybridized carbons (Fsp3) is 0.0526. The molecule has 0 fully saturated rings. The lowest BCUT2D eigenvalue weighted by molar-refractivity contribution is -0.116. The van der Waals surface area contributed by atoms with E-state index in [1.807, 2.05) is 66.0 Å². The maximum Gasteiger partial charge on any atom is 0.272 e. The van der Waals surface area contributed by atoms with Crippen molar-refractivity contribution in [3.8, 4) is 17.0 Å². The third kappa shape index (κ3) is 8.52. The van der Waals surface area contributed by atoms with Crippen molar-refractivity contribution >= 4 is 57.7 Å². The minimum absolute atomic E-state index is 0.000612. The number of para-hydroxylation sites is 1. The van der Waals surface area contributed by atoms with Gasteiger partial charge in [-0.25, -0.2) is 4.98 Å². The molecule has 9 nitrogen and oxygen atoms in total. The molecule has 0 bridgehead atoms. The van der Waals surface area contributed by atoms with E-state index in [0.29, 0.717) is 33.6 Å². The standard InChI is InChI=1S/C38H30N4O5S2/c1-46-33-20-9-8-19-30(33)32-24-48-38(41-32)42-37(45)34(25-12-4-2-5-13-25)49-29-18-10-16-27(22-29)39-36(44)31(23-28-17-11-21-47-28)40-35(43)26-14-6-3-7-15-26/h2-24,34H,1H3,(H,39,44)(H,40,43)(H,41,42,45)/b31-23-. The summed E-state index contributed by atoms with van der Waals surface area (Å²) in [6.45, 7) is 0. The molecule has 0 spiro atoms. The van der Waals surface area contributed by atoms with Gasteiger partial charge in [-0.1, -0.05) is 66.7 Å². The predicted octanol–water partition coefficient (Wildman–Crippen LogP) is 8.29. The average Bonchev–Trinajstić information content (AvgIpc) is 3.83. The number of furan rings is 1. The maximum absolute atomic E-state index is 13.8. The Kier molecular flexibility index (Phi) is 10.6. The Balaban J connectivity index is 1.20. The van der Waals surface area contributed by atoms with Crippen LogP contribution in [0.1, 0.15) is 26.9 Å². The molecule has 1 unspecified atom stereocenters. The van der Waals surface area contributed by atoms with E-state index in [2.05, 4.69) is 20.9 Å². The van der Waals surface area contributed by atoms with E-state index in [1.165, 1.54) is 35.4 Å². The van der Waals surface area contributed by atoms with Crippen molar-refractivity contribution in [2.45, 2.75) is 10.1 Å². The van der Waals surface area contributed by atoms with Gasteiger partial charge in [-0.05, 0) is 60.2 Å². The number of nitrogens with one attached hydrogen (secondary N) is 3. The van der Waals surface area contributed by atoms with Gasteiger partial charge in [0.15, 0.2) is 5.13 Å². The van der Waals surface area contributed by atoms with E-state index in [-0.39, 0.29) is 11.6 Å². The smallest absolute Gasteiger partial charge is 0.272 e. The molecule has 2 heterocycles. The summed E-state index contributed by atoms with van der Waals surface area (Å²) in [5.41, 5.74) is 3.20. The van der Waals surface area contributed by atoms with Gasteiger partial charge in [0.05, 0.1) is 19.1 Å². The highest BCUT2D eigenvalue weighted by molar-refractivity contribution is 8.00. The van der Waals surface area contributed by atoms with Crippen LogP contribution in [0, 0.1) is 0 Å². The number of amides is 3. The Morgan fingerprint density at radius 2 is 1.61 bits per heavy atom. The number of thiazole rings is 1. The molecule has 0 aliphatic heterocycles. The van der Waals surface area contributed by atoms with Crippen LogP contribution in [0.3, 0.4) is 0 Å². The summed E-state index contributed by atoms with van der Waals surface area (Å²) >= 11 is 2.66. The summed E-state index contributed by atoms with van der Waals surface area (Å²) in [5.74, 6) is -0.147. The number of anilines is 2. The molecule has 2 aromatic heterocycles. The molecular formula is C38H30N4O5S2. The molecule has 0 aliphatic carbocycles. The van der Waals surface area contributed by atoms with Gasteiger partial charge in [0.2, 0.25) is 5.91 Å². The highest BCUT2D eigenvalue weighted by Gasteiger charge is 2.24. The predicted molar refractivity (Wildman–Crippen MR) is 193 cm³/mol. The van der Waals surface area contributed by atoms with Crippen molar-refractivity contribution in [1.29, 1.82) is 0 Å². The lowest BCUT2D eigenvalue weighted by Gasteiger charge is -2.17. The van der Waals surface area contributed by atoms with Gasteiger partial charge in [0, 0.05) is 33.2 Å². The Labute approximate surface area is 291 Å². The van der Waals surface area contributed by atoms with E-state index in [0.717, 1.165) is 16.0 Å². The van der Waals surface area contributed by atoms with Crippen molar-refractivity contribution < 1.29 is 23.5 Å². The summed E-state index contributed by atoms with van der Waals surface area (Å²) < 4.78 is 10.9. The Morgan fingerprint density at radius 1 is 0.857 bits per heavy atom. The van der Waals surface area contributed by atoms with Gasteiger partial charge in [-0.2, -0.15) is 0 Å². The zero-order valence-corrected chi connectivity index (χ0v) is 27.8. The zero-order chi connectivity index (χ0) is 34.0. The van der Waals surface area contributed by atoms with Crippen LogP contribution in [0.15, 0.2) is 148 Å². The van der Waals surface area contributed by atoms with Crippen molar-refractivity contribution in [1.82, 2.24) is 10.3 Å². The quantitative estimate of drug-likeness (QED) is 0.0875. The number of rotatable bonds is 12. The first-order valence-corrected chi connectivity index (χ1v) is 16.9. The third-order valence-corrected chi connectivity index (χ3v) is 9.17. The molecule has 0 saturated carbocycles. The van der Waals surface area contributed by atoms with Crippen LogP contribution in [0.25, 0.3) is 17.3 Å². The molecule has 1 atom stereocenters. The Bertz CT molecular complexity index is 2080. The fourth-order valence-corrected chi connectivity index (χ4v) is 6.62. The topological polar surface area (TPSA) is 123 Å². The maximum atomic E-state index is 13.8. The molecule has 4 aromatic carbocycles. The van der Waals surface area contributed by atoms with Crippen LogP contribution in [0.4, 0.5) is 10.8 Å². The van der Waals surface area contributed by atoms with Crippen molar-refractivity contribution in [2.75, 3.05) is 17.7 Å². The third-order valence-electron chi connectivity index (χ3n) is 7.16. The minimum Gasteiger partial charge on any atom is -0.496 e. The van der Waals surface area contributed by atoms with Crippen LogP contribution in [0.5, 0.6) is 5.75 Å². The monoisotopic (exact) mass is 686 g/mol. The average molecular weight is 687 g/mol. The van der Waals surface area contributed by atoms with E-state index < -0.39 is 17.1 Å². The molecule has 6 aromatic rings. The van der Waals surface area contributed by atoms with Crippen LogP contribution >= 0.6 is 23.1 Å². The van der Waals surface area contributed by atoms with Crippen LogP contribution in [-0.2, 0) is 9.59 Å². The van der Waals surface area contributed by atoms with E-state index in [4.69, 9.17) is 9.15 Å². The number of ether oxygens (including phenoxy) is 1. The van der Waals surface area contributed by atoms with Crippen LogP contribution in [-0.4, -0.2) is 29.8 Å². The first-order valence-electron chi connectivity index (χ1n) is 15.1. The second kappa shape index (κ2) is 15.8. The lowest BCUT2D eigenvalue weighted by Crippen LogP contribution is -2.30. The number of hydrogen-bond donors (Lipinski definition) is 3. The Hall–Kier alpha value is -5.91. The molecule has 6 rings (SSSR count). The van der Waals surface area contributed by atoms with Gasteiger partial charge in [-0.15, -0.1) is 23.1 Å². The molecule has 3 amide bonds. The number of aromatic nitrogens is 1. The number of nitrogens with zero attached hydrogens (tertiary/aromatic N) is 1. The molecule has 49 heavy (non-hydrogen) atoms. The second-order valence-electron chi connectivity index (χ2n) is 10.5. The first kappa shape index (κ1) is 33.0. The van der Waals surface area contributed by atoms with Crippen LogP contribution < -0.4 is 20.7 Å². The minimum atomic E-state index is -0.634. The molecule has 11 heteroatoms. The largest absolute Gasteiger partial charge is 0.496 e. The van der Waals surface area contributed by atoms with E-state index >= 15 is 0 Å². The van der Waals surface area contributed by atoms with Gasteiger partial charge in [-0.3, -0.25) is 14.4 Å². The van der Waals surface area contributed by atoms with Crippen molar-refractivity contribution in [2.24, 2.45) is 0 Å². The molecular weight excluding hydrogens is 657 g/mol. The Morgan fingerprint density at radius 3 is 2.37 bits per heavy atom.